The second-order valence-electron chi connectivity index (χ2n) is 4.16. The average molecular weight is 283 g/mol. The van der Waals surface area contributed by atoms with Crippen molar-refractivity contribution < 1.29 is 17.6 Å². The van der Waals surface area contributed by atoms with Crippen LogP contribution in [0.3, 0.4) is 0 Å². The molecule has 6 heteroatoms. The molecule has 0 bridgehead atoms. The lowest BCUT2D eigenvalue weighted by atomic mass is 10.2. The summed E-state index contributed by atoms with van der Waals surface area (Å²) in [7, 11) is -1.71. The van der Waals surface area contributed by atoms with Gasteiger partial charge in [0.05, 0.1) is 5.75 Å². The van der Waals surface area contributed by atoms with Gasteiger partial charge in [0.15, 0.2) is 0 Å². The summed E-state index contributed by atoms with van der Waals surface area (Å²) >= 11 is 0. The first-order chi connectivity index (χ1) is 9.05. The largest absolute Gasteiger partial charge is 0.458 e. The molecule has 2 aromatic rings. The van der Waals surface area contributed by atoms with Crippen molar-refractivity contribution in [3.8, 4) is 0 Å². The fourth-order valence-corrected chi connectivity index (χ4v) is 2.38. The highest BCUT2D eigenvalue weighted by Gasteiger charge is 2.18. The van der Waals surface area contributed by atoms with Crippen molar-refractivity contribution in [3.63, 3.8) is 0 Å². The number of fused-ring (bicyclic) bond motifs is 1. The lowest BCUT2D eigenvalue weighted by Crippen LogP contribution is -2.30. The van der Waals surface area contributed by atoms with Crippen LogP contribution in [0.4, 0.5) is 0 Å². The molecule has 0 fully saturated rings. The van der Waals surface area contributed by atoms with E-state index in [-0.39, 0.29) is 12.3 Å². The van der Waals surface area contributed by atoms with Crippen molar-refractivity contribution in [1.29, 1.82) is 0 Å². The van der Waals surface area contributed by atoms with E-state index in [0.717, 1.165) is 11.0 Å². The minimum Gasteiger partial charge on any atom is -0.458 e. The Balaban J connectivity index is 2.17. The van der Waals surface area contributed by atoms with Gasteiger partial charge in [-0.3, -0.25) is 0 Å². The van der Waals surface area contributed by atoms with Crippen LogP contribution in [0.5, 0.6) is 0 Å². The maximum atomic E-state index is 11.4. The smallest absolute Gasteiger partial charge is 0.211 e. The van der Waals surface area contributed by atoms with Crippen LogP contribution in [0.15, 0.2) is 34.7 Å². The average Bonchev–Trinajstić information content (AvgIpc) is 2.83. The van der Waals surface area contributed by atoms with E-state index in [1.165, 1.54) is 7.11 Å². The number of furan rings is 1. The van der Waals surface area contributed by atoms with Gasteiger partial charge in [-0.15, -0.1) is 0 Å². The van der Waals surface area contributed by atoms with E-state index in [0.29, 0.717) is 5.76 Å². The summed E-state index contributed by atoms with van der Waals surface area (Å²) in [5.41, 5.74) is 0.762. The zero-order chi connectivity index (χ0) is 13.9. The topological polar surface area (TPSA) is 68.5 Å². The molecule has 5 nitrogen and oxygen atoms in total. The number of rotatable bonds is 6. The van der Waals surface area contributed by atoms with Gasteiger partial charge in [-0.2, -0.15) is 0 Å². The summed E-state index contributed by atoms with van der Waals surface area (Å²) in [6.45, 7) is 1.75. The van der Waals surface area contributed by atoms with Crippen LogP contribution >= 0.6 is 0 Å². The van der Waals surface area contributed by atoms with Gasteiger partial charge in [-0.1, -0.05) is 18.2 Å². The zero-order valence-electron chi connectivity index (χ0n) is 10.9. The Bertz CT molecular complexity index is 614. The Morgan fingerprint density at radius 3 is 2.74 bits per heavy atom. The van der Waals surface area contributed by atoms with E-state index < -0.39 is 16.1 Å². The van der Waals surface area contributed by atoms with Crippen LogP contribution in [0.1, 0.15) is 18.8 Å². The molecule has 0 saturated carbocycles. The first kappa shape index (κ1) is 14.0. The Labute approximate surface area is 112 Å². The minimum atomic E-state index is -3.23. The number of hydrogen-bond donors (Lipinski definition) is 1. The molecule has 1 aromatic carbocycles. The molecular weight excluding hydrogens is 266 g/mol. The molecule has 0 aliphatic heterocycles. The maximum Gasteiger partial charge on any atom is 0.211 e. The highest BCUT2D eigenvalue weighted by Crippen LogP contribution is 2.25. The highest BCUT2D eigenvalue weighted by atomic mass is 32.2. The van der Waals surface area contributed by atoms with Gasteiger partial charge in [-0.25, -0.2) is 13.1 Å². The van der Waals surface area contributed by atoms with Crippen molar-refractivity contribution >= 4 is 21.0 Å². The second-order valence-corrected chi connectivity index (χ2v) is 6.26. The summed E-state index contributed by atoms with van der Waals surface area (Å²) in [5, 5.41) is 0.970. The van der Waals surface area contributed by atoms with Gasteiger partial charge >= 0.3 is 0 Å². The predicted molar refractivity (Wildman–Crippen MR) is 73.4 cm³/mol. The first-order valence-corrected chi connectivity index (χ1v) is 7.69. The van der Waals surface area contributed by atoms with E-state index in [1.54, 1.807) is 6.92 Å². The van der Waals surface area contributed by atoms with E-state index >= 15 is 0 Å². The molecule has 0 spiro atoms. The number of nitrogens with one attached hydrogen (secondary N) is 1. The summed E-state index contributed by atoms with van der Waals surface area (Å²) < 4.78 is 36.3. The van der Waals surface area contributed by atoms with Gasteiger partial charge in [-0.05, 0) is 19.1 Å². The van der Waals surface area contributed by atoms with E-state index in [1.807, 2.05) is 30.3 Å². The summed E-state index contributed by atoms with van der Waals surface area (Å²) in [6, 6.07) is 9.47. The molecular formula is C13H17NO4S. The van der Waals surface area contributed by atoms with Gasteiger partial charge in [0, 0.05) is 19.0 Å². The van der Waals surface area contributed by atoms with Crippen molar-refractivity contribution in [2.24, 2.45) is 0 Å². The van der Waals surface area contributed by atoms with Crippen LogP contribution in [0.25, 0.3) is 11.0 Å². The Morgan fingerprint density at radius 1 is 1.37 bits per heavy atom. The molecule has 0 aliphatic rings. The summed E-state index contributed by atoms with van der Waals surface area (Å²) in [5.74, 6) is 0.659. The van der Waals surface area contributed by atoms with Gasteiger partial charge < -0.3 is 9.15 Å². The second kappa shape index (κ2) is 5.73. The molecule has 1 atom stereocenters. The monoisotopic (exact) mass is 283 g/mol. The standard InChI is InChI=1S/C13H17NO4S/c1-3-19(15,16)14-9-13(17-2)12-8-10-6-4-5-7-11(10)18-12/h4-8,13-14H,3,9H2,1-2H3/t13-/m1/s1. The lowest BCUT2D eigenvalue weighted by molar-refractivity contribution is 0.0894. The molecule has 0 aliphatic carbocycles. The summed E-state index contributed by atoms with van der Waals surface area (Å²) in [6.07, 6.45) is -0.436. The number of benzene rings is 1. The van der Waals surface area contributed by atoms with Gasteiger partial charge in [0.25, 0.3) is 0 Å². The third-order valence-corrected chi connectivity index (χ3v) is 4.28. The quantitative estimate of drug-likeness (QED) is 0.881. The Morgan fingerprint density at radius 2 is 2.11 bits per heavy atom. The fourth-order valence-electron chi connectivity index (χ4n) is 1.77. The Hall–Kier alpha value is -1.37. The molecule has 1 aromatic heterocycles. The predicted octanol–water partition coefficient (Wildman–Crippen LogP) is 2.06. The molecule has 0 amide bonds. The molecule has 1 N–H and O–H groups in total. The van der Waals surface area contributed by atoms with Crippen LogP contribution in [-0.4, -0.2) is 27.8 Å². The first-order valence-electron chi connectivity index (χ1n) is 6.04. The van der Waals surface area contributed by atoms with Crippen molar-refractivity contribution in [1.82, 2.24) is 4.72 Å². The number of hydrogen-bond acceptors (Lipinski definition) is 4. The van der Waals surface area contributed by atoms with Crippen molar-refractivity contribution in [3.05, 3.63) is 36.1 Å². The number of ether oxygens (including phenoxy) is 1. The van der Waals surface area contributed by atoms with Crippen LogP contribution in [-0.2, 0) is 14.8 Å². The molecule has 1 heterocycles. The van der Waals surface area contributed by atoms with Crippen LogP contribution in [0, 0.1) is 0 Å². The highest BCUT2D eigenvalue weighted by molar-refractivity contribution is 7.89. The van der Waals surface area contributed by atoms with E-state index in [9.17, 15) is 8.42 Å². The number of methoxy groups -OCH3 is 1. The molecule has 104 valence electrons. The van der Waals surface area contributed by atoms with Gasteiger partial charge in [0.2, 0.25) is 10.0 Å². The van der Waals surface area contributed by atoms with E-state index in [4.69, 9.17) is 9.15 Å². The van der Waals surface area contributed by atoms with Crippen LogP contribution < -0.4 is 4.72 Å². The molecule has 0 saturated heterocycles. The van der Waals surface area contributed by atoms with Crippen molar-refractivity contribution in [2.45, 2.75) is 13.0 Å². The molecule has 0 unspecified atom stereocenters. The maximum absolute atomic E-state index is 11.4. The summed E-state index contributed by atoms with van der Waals surface area (Å²) in [4.78, 5) is 0. The minimum absolute atomic E-state index is 0.0452. The molecule has 2 rings (SSSR count). The fraction of sp³-hybridized carbons (Fsp3) is 0.385. The lowest BCUT2D eigenvalue weighted by Gasteiger charge is -2.13. The number of sulfonamides is 1. The molecule has 0 radical (unpaired) electrons. The molecule has 19 heavy (non-hydrogen) atoms. The normalized spacial score (nSPS) is 13.8. The number of para-hydroxylation sites is 1. The van der Waals surface area contributed by atoms with E-state index in [2.05, 4.69) is 4.72 Å². The van der Waals surface area contributed by atoms with Crippen molar-refractivity contribution in [2.75, 3.05) is 19.4 Å². The third kappa shape index (κ3) is 3.34. The SMILES string of the molecule is CCS(=O)(=O)NC[C@@H](OC)c1cc2ccccc2o1. The Kier molecular flexibility index (Phi) is 4.24. The zero-order valence-corrected chi connectivity index (χ0v) is 11.7. The van der Waals surface area contributed by atoms with Gasteiger partial charge in [0.1, 0.15) is 17.4 Å². The van der Waals surface area contributed by atoms with Crippen LogP contribution in [0.2, 0.25) is 0 Å². The third-order valence-electron chi connectivity index (χ3n) is 2.92.